The average molecular weight is 207 g/mol. The van der Waals surface area contributed by atoms with Crippen LogP contribution in [0.5, 0.6) is 0 Å². The summed E-state index contributed by atoms with van der Waals surface area (Å²) in [5.74, 6) is 0.147. The lowest BCUT2D eigenvalue weighted by atomic mass is 10.0. The topological polar surface area (TPSA) is 17.1 Å². The van der Waals surface area contributed by atoms with Gasteiger partial charge < -0.3 is 0 Å². The molecule has 0 amide bonds. The Bertz CT molecular complexity index is 389. The third-order valence-corrected chi connectivity index (χ3v) is 2.67. The molecular formula is C12H11ClO. The molecule has 0 spiro atoms. The fourth-order valence-electron chi connectivity index (χ4n) is 1.61. The summed E-state index contributed by atoms with van der Waals surface area (Å²) in [6, 6.07) is 7.94. The third-order valence-electron chi connectivity index (χ3n) is 2.39. The number of benzene rings is 1. The molecule has 1 aliphatic carbocycles. The fourth-order valence-corrected chi connectivity index (χ4v) is 1.88. The second-order valence-electron chi connectivity index (χ2n) is 3.59. The molecule has 0 radical (unpaired) electrons. The van der Waals surface area contributed by atoms with Crippen molar-refractivity contribution in [1.29, 1.82) is 0 Å². The van der Waals surface area contributed by atoms with E-state index in [1.54, 1.807) is 0 Å². The van der Waals surface area contributed by atoms with E-state index in [1.807, 2.05) is 37.3 Å². The molecule has 14 heavy (non-hydrogen) atoms. The minimum absolute atomic E-state index is 0.126. The van der Waals surface area contributed by atoms with Gasteiger partial charge in [0.25, 0.3) is 0 Å². The zero-order chi connectivity index (χ0) is 10.1. The Morgan fingerprint density at radius 3 is 2.43 bits per heavy atom. The van der Waals surface area contributed by atoms with Gasteiger partial charge in [-0.05, 0) is 12.5 Å². The largest absolute Gasteiger partial charge is 0.294 e. The van der Waals surface area contributed by atoms with Crippen molar-refractivity contribution in [2.45, 2.75) is 18.7 Å². The van der Waals surface area contributed by atoms with E-state index in [0.29, 0.717) is 6.42 Å². The van der Waals surface area contributed by atoms with E-state index in [2.05, 4.69) is 0 Å². The molecule has 1 nitrogen and oxygen atoms in total. The molecule has 0 heterocycles. The zero-order valence-electron chi connectivity index (χ0n) is 7.96. The fraction of sp³-hybridized carbons (Fsp3) is 0.250. The van der Waals surface area contributed by atoms with E-state index < -0.39 is 0 Å². The zero-order valence-corrected chi connectivity index (χ0v) is 8.71. The summed E-state index contributed by atoms with van der Waals surface area (Å²) < 4.78 is 0. The van der Waals surface area contributed by atoms with Gasteiger partial charge in [0.05, 0.1) is 5.38 Å². The summed E-state index contributed by atoms with van der Waals surface area (Å²) in [5, 5.41) is -0.126. The minimum atomic E-state index is -0.126. The normalized spacial score (nSPS) is 21.1. The van der Waals surface area contributed by atoms with Gasteiger partial charge in [-0.2, -0.15) is 0 Å². The van der Waals surface area contributed by atoms with Crippen LogP contribution in [0, 0.1) is 6.92 Å². The lowest BCUT2D eigenvalue weighted by Crippen LogP contribution is -1.97. The number of ketones is 1. The van der Waals surface area contributed by atoms with Crippen LogP contribution in [0.2, 0.25) is 0 Å². The molecule has 0 aliphatic heterocycles. The van der Waals surface area contributed by atoms with Crippen molar-refractivity contribution in [3.05, 3.63) is 41.5 Å². The lowest BCUT2D eigenvalue weighted by molar-refractivity contribution is -0.113. The summed E-state index contributed by atoms with van der Waals surface area (Å²) >= 11 is 5.89. The van der Waals surface area contributed by atoms with Crippen molar-refractivity contribution in [3.63, 3.8) is 0 Å². The van der Waals surface area contributed by atoms with E-state index in [-0.39, 0.29) is 11.2 Å². The number of Topliss-reactive ketones (excluding diaryl/α,β-unsaturated/α-hetero) is 1. The number of carbonyl (C=O) groups excluding carboxylic acids is 1. The van der Waals surface area contributed by atoms with Crippen LogP contribution >= 0.6 is 11.6 Å². The molecule has 2 rings (SSSR count). The molecule has 0 saturated carbocycles. The first-order chi connectivity index (χ1) is 6.66. The van der Waals surface area contributed by atoms with Gasteiger partial charge in [0.15, 0.2) is 5.78 Å². The monoisotopic (exact) mass is 206 g/mol. The number of carbonyl (C=O) groups is 1. The predicted octanol–water partition coefficient (Wildman–Crippen LogP) is 2.96. The van der Waals surface area contributed by atoms with Crippen LogP contribution in [-0.2, 0) is 4.79 Å². The Balaban J connectivity index is 2.36. The van der Waals surface area contributed by atoms with E-state index >= 15 is 0 Å². The van der Waals surface area contributed by atoms with Gasteiger partial charge in [0.1, 0.15) is 0 Å². The second-order valence-corrected chi connectivity index (χ2v) is 4.15. The standard InChI is InChI=1S/C12H11ClO/c1-8-2-4-9(5-3-8)11-6-10(13)7-12(11)14/h2-6,10H,7H2,1H3. The third kappa shape index (κ3) is 1.73. The Kier molecular flexibility index (Phi) is 2.42. The van der Waals surface area contributed by atoms with Gasteiger partial charge in [-0.1, -0.05) is 35.9 Å². The van der Waals surface area contributed by atoms with E-state index in [4.69, 9.17) is 11.6 Å². The molecule has 0 fully saturated rings. The Labute approximate surface area is 88.4 Å². The van der Waals surface area contributed by atoms with Crippen molar-refractivity contribution in [2.75, 3.05) is 0 Å². The summed E-state index contributed by atoms with van der Waals surface area (Å²) in [7, 11) is 0. The Morgan fingerprint density at radius 1 is 1.29 bits per heavy atom. The highest BCUT2D eigenvalue weighted by molar-refractivity contribution is 6.32. The van der Waals surface area contributed by atoms with E-state index in [1.165, 1.54) is 5.56 Å². The molecular weight excluding hydrogens is 196 g/mol. The van der Waals surface area contributed by atoms with E-state index in [9.17, 15) is 4.79 Å². The molecule has 1 unspecified atom stereocenters. The maximum absolute atomic E-state index is 11.5. The van der Waals surface area contributed by atoms with Crippen LogP contribution in [-0.4, -0.2) is 11.2 Å². The highest BCUT2D eigenvalue weighted by Crippen LogP contribution is 2.27. The predicted molar refractivity (Wildman–Crippen MR) is 58.4 cm³/mol. The number of hydrogen-bond donors (Lipinski definition) is 0. The van der Waals surface area contributed by atoms with Crippen molar-refractivity contribution >= 4 is 23.0 Å². The smallest absolute Gasteiger partial charge is 0.165 e. The van der Waals surface area contributed by atoms with Crippen molar-refractivity contribution in [2.24, 2.45) is 0 Å². The summed E-state index contributed by atoms with van der Waals surface area (Å²) in [4.78, 5) is 11.5. The highest BCUT2D eigenvalue weighted by atomic mass is 35.5. The lowest BCUT2D eigenvalue weighted by Gasteiger charge is -2.00. The van der Waals surface area contributed by atoms with Crippen molar-refractivity contribution < 1.29 is 4.79 Å². The summed E-state index contributed by atoms with van der Waals surface area (Å²) in [6.45, 7) is 2.03. The van der Waals surface area contributed by atoms with Crippen LogP contribution < -0.4 is 0 Å². The molecule has 72 valence electrons. The van der Waals surface area contributed by atoms with Gasteiger partial charge in [0.2, 0.25) is 0 Å². The molecule has 2 heteroatoms. The van der Waals surface area contributed by atoms with Crippen LogP contribution in [0.4, 0.5) is 0 Å². The molecule has 1 aromatic rings. The number of halogens is 1. The van der Waals surface area contributed by atoms with Crippen LogP contribution in [0.15, 0.2) is 30.3 Å². The molecule has 1 aliphatic rings. The number of aryl methyl sites for hydroxylation is 1. The van der Waals surface area contributed by atoms with Crippen LogP contribution in [0.25, 0.3) is 5.57 Å². The summed E-state index contributed by atoms with van der Waals surface area (Å²) in [6.07, 6.45) is 2.28. The van der Waals surface area contributed by atoms with Crippen molar-refractivity contribution in [3.8, 4) is 0 Å². The highest BCUT2D eigenvalue weighted by Gasteiger charge is 2.22. The Hall–Kier alpha value is -1.08. The van der Waals surface area contributed by atoms with Gasteiger partial charge in [0, 0.05) is 12.0 Å². The molecule has 0 N–H and O–H groups in total. The first-order valence-electron chi connectivity index (χ1n) is 4.63. The minimum Gasteiger partial charge on any atom is -0.294 e. The van der Waals surface area contributed by atoms with Gasteiger partial charge >= 0.3 is 0 Å². The van der Waals surface area contributed by atoms with Crippen LogP contribution in [0.3, 0.4) is 0 Å². The first kappa shape index (κ1) is 9.47. The van der Waals surface area contributed by atoms with Gasteiger partial charge in [-0.15, -0.1) is 11.6 Å². The summed E-state index contributed by atoms with van der Waals surface area (Å²) in [5.41, 5.74) is 2.94. The van der Waals surface area contributed by atoms with E-state index in [0.717, 1.165) is 11.1 Å². The van der Waals surface area contributed by atoms with Crippen LogP contribution in [0.1, 0.15) is 17.5 Å². The number of rotatable bonds is 1. The van der Waals surface area contributed by atoms with Crippen molar-refractivity contribution in [1.82, 2.24) is 0 Å². The quantitative estimate of drug-likeness (QED) is 0.646. The SMILES string of the molecule is Cc1ccc(C2=CC(Cl)CC2=O)cc1. The molecule has 0 bridgehead atoms. The second kappa shape index (κ2) is 3.58. The number of allylic oxidation sites excluding steroid dienone is 2. The number of hydrogen-bond acceptors (Lipinski definition) is 1. The molecule has 1 atom stereocenters. The van der Waals surface area contributed by atoms with Gasteiger partial charge in [-0.25, -0.2) is 0 Å². The maximum atomic E-state index is 11.5. The van der Waals surface area contributed by atoms with Gasteiger partial charge in [-0.3, -0.25) is 4.79 Å². The maximum Gasteiger partial charge on any atom is 0.165 e. The molecule has 0 aromatic heterocycles. The molecule has 1 aromatic carbocycles. The molecule has 0 saturated heterocycles. The number of alkyl halides is 1. The Morgan fingerprint density at radius 2 is 1.93 bits per heavy atom. The first-order valence-corrected chi connectivity index (χ1v) is 5.06. The average Bonchev–Trinajstić information content (AvgIpc) is 2.47.